The molecular formula is C14H11O-. The Morgan fingerprint density at radius 2 is 1.33 bits per heavy atom. The first-order valence-corrected chi connectivity index (χ1v) is 4.85. The quantitative estimate of drug-likeness (QED) is 0.533. The lowest BCUT2D eigenvalue weighted by atomic mass is 10.1. The summed E-state index contributed by atoms with van der Waals surface area (Å²) < 4.78 is 0. The van der Waals surface area contributed by atoms with Gasteiger partial charge in [0.2, 0.25) is 0 Å². The van der Waals surface area contributed by atoms with E-state index in [1.807, 2.05) is 60.7 Å². The highest BCUT2D eigenvalue weighted by Crippen LogP contribution is 2.12. The Morgan fingerprint density at radius 3 is 1.93 bits per heavy atom. The highest BCUT2D eigenvalue weighted by Gasteiger charge is 1.89. The first kappa shape index (κ1) is 9.53. The maximum absolute atomic E-state index is 11.8. The van der Waals surface area contributed by atoms with Crippen LogP contribution in [-0.4, -0.2) is 0 Å². The Morgan fingerprint density at radius 1 is 0.800 bits per heavy atom. The van der Waals surface area contributed by atoms with E-state index in [4.69, 9.17) is 0 Å². The van der Waals surface area contributed by atoms with E-state index in [0.29, 0.717) is 0 Å². The van der Waals surface area contributed by atoms with Gasteiger partial charge in [0.25, 0.3) is 0 Å². The smallest absolute Gasteiger partial charge is 0.0263 e. The van der Waals surface area contributed by atoms with Crippen molar-refractivity contribution in [2.75, 3.05) is 0 Å². The van der Waals surface area contributed by atoms with Crippen molar-refractivity contribution in [3.8, 4) is 0 Å². The van der Waals surface area contributed by atoms with Crippen LogP contribution >= 0.6 is 0 Å². The van der Waals surface area contributed by atoms with E-state index in [-0.39, 0.29) is 5.76 Å². The van der Waals surface area contributed by atoms with Crippen LogP contribution in [0.4, 0.5) is 0 Å². The standard InChI is InChI=1S/C14H12O/c15-14(13-9-5-2-6-10-13)11-12-7-3-1-4-8-12/h1-11,15H/p-1/b14-11+. The van der Waals surface area contributed by atoms with Gasteiger partial charge in [-0.3, -0.25) is 0 Å². The Bertz CT molecular complexity index is 443. The molecule has 0 N–H and O–H groups in total. The molecule has 0 radical (unpaired) electrons. The van der Waals surface area contributed by atoms with Gasteiger partial charge in [0.15, 0.2) is 0 Å². The summed E-state index contributed by atoms with van der Waals surface area (Å²) in [6, 6.07) is 18.9. The van der Waals surface area contributed by atoms with Gasteiger partial charge in [-0.15, -0.1) is 5.76 Å². The van der Waals surface area contributed by atoms with Crippen molar-refractivity contribution in [3.63, 3.8) is 0 Å². The second kappa shape index (κ2) is 4.47. The minimum atomic E-state index is 0.0433. The zero-order valence-corrected chi connectivity index (χ0v) is 8.26. The van der Waals surface area contributed by atoms with Crippen LogP contribution in [0.1, 0.15) is 11.1 Å². The molecule has 0 heterocycles. The van der Waals surface area contributed by atoms with Gasteiger partial charge >= 0.3 is 0 Å². The fourth-order valence-electron chi connectivity index (χ4n) is 1.39. The highest BCUT2D eigenvalue weighted by atomic mass is 16.3. The van der Waals surface area contributed by atoms with Gasteiger partial charge < -0.3 is 5.11 Å². The molecule has 0 saturated carbocycles. The molecule has 15 heavy (non-hydrogen) atoms. The molecule has 0 amide bonds. The van der Waals surface area contributed by atoms with E-state index >= 15 is 0 Å². The maximum Gasteiger partial charge on any atom is -0.0263 e. The molecule has 0 aliphatic heterocycles. The van der Waals surface area contributed by atoms with E-state index < -0.39 is 0 Å². The van der Waals surface area contributed by atoms with Crippen LogP contribution in [0.3, 0.4) is 0 Å². The summed E-state index contributed by atoms with van der Waals surface area (Å²) in [6.45, 7) is 0. The largest absolute Gasteiger partial charge is 0.872 e. The third-order valence-electron chi connectivity index (χ3n) is 2.16. The summed E-state index contributed by atoms with van der Waals surface area (Å²) in [7, 11) is 0. The number of hydrogen-bond acceptors (Lipinski definition) is 1. The molecule has 2 aromatic carbocycles. The molecule has 0 aliphatic carbocycles. The van der Waals surface area contributed by atoms with E-state index in [2.05, 4.69) is 0 Å². The Hall–Kier alpha value is -2.02. The Kier molecular flexibility index (Phi) is 2.84. The van der Waals surface area contributed by atoms with Gasteiger partial charge in [0.1, 0.15) is 0 Å². The Labute approximate surface area is 89.3 Å². The molecule has 0 bridgehead atoms. The summed E-state index contributed by atoms with van der Waals surface area (Å²) in [5.41, 5.74) is 1.66. The van der Waals surface area contributed by atoms with E-state index in [0.717, 1.165) is 11.1 Å². The SMILES string of the molecule is [O-]/C(=C/c1ccccc1)c1ccccc1. The van der Waals surface area contributed by atoms with Crippen LogP contribution in [0, 0.1) is 0 Å². The average Bonchev–Trinajstić information content (AvgIpc) is 2.31. The summed E-state index contributed by atoms with van der Waals surface area (Å²) in [4.78, 5) is 0. The fraction of sp³-hybridized carbons (Fsp3) is 0. The molecule has 0 saturated heterocycles. The van der Waals surface area contributed by atoms with Crippen LogP contribution in [0.15, 0.2) is 60.7 Å². The van der Waals surface area contributed by atoms with Crippen molar-refractivity contribution >= 4 is 11.8 Å². The molecule has 0 aliphatic rings. The molecule has 1 nitrogen and oxygen atoms in total. The maximum atomic E-state index is 11.8. The molecule has 0 spiro atoms. The lowest BCUT2D eigenvalue weighted by molar-refractivity contribution is -0.242. The minimum absolute atomic E-state index is 0.0433. The molecule has 2 rings (SSSR count). The van der Waals surface area contributed by atoms with Crippen molar-refractivity contribution in [2.24, 2.45) is 0 Å². The Balaban J connectivity index is 2.29. The molecule has 0 atom stereocenters. The molecule has 1 heteroatoms. The van der Waals surface area contributed by atoms with Gasteiger partial charge in [-0.25, -0.2) is 0 Å². The highest BCUT2D eigenvalue weighted by molar-refractivity contribution is 5.75. The van der Waals surface area contributed by atoms with Gasteiger partial charge in [0, 0.05) is 0 Å². The van der Waals surface area contributed by atoms with Crippen molar-refractivity contribution in [3.05, 3.63) is 71.8 Å². The van der Waals surface area contributed by atoms with Crippen molar-refractivity contribution in [2.45, 2.75) is 0 Å². The van der Waals surface area contributed by atoms with Crippen LogP contribution in [0.2, 0.25) is 0 Å². The zero-order chi connectivity index (χ0) is 10.5. The number of benzene rings is 2. The predicted octanol–water partition coefficient (Wildman–Crippen LogP) is 2.55. The molecule has 2 aromatic rings. The van der Waals surface area contributed by atoms with Gasteiger partial charge in [-0.05, 0) is 11.1 Å². The molecular weight excluding hydrogens is 184 g/mol. The first-order chi connectivity index (χ1) is 7.36. The predicted molar refractivity (Wildman–Crippen MR) is 60.8 cm³/mol. The van der Waals surface area contributed by atoms with E-state index in [1.165, 1.54) is 0 Å². The topological polar surface area (TPSA) is 23.1 Å². The van der Waals surface area contributed by atoms with Crippen LogP contribution < -0.4 is 5.11 Å². The lowest BCUT2D eigenvalue weighted by Crippen LogP contribution is -2.01. The van der Waals surface area contributed by atoms with Crippen molar-refractivity contribution in [1.82, 2.24) is 0 Å². The van der Waals surface area contributed by atoms with Crippen molar-refractivity contribution < 1.29 is 5.11 Å². The lowest BCUT2D eigenvalue weighted by Gasteiger charge is -2.11. The summed E-state index contributed by atoms with van der Waals surface area (Å²) in [5, 5.41) is 11.8. The fourth-order valence-corrected chi connectivity index (χ4v) is 1.39. The average molecular weight is 195 g/mol. The first-order valence-electron chi connectivity index (χ1n) is 4.85. The van der Waals surface area contributed by atoms with Crippen molar-refractivity contribution in [1.29, 1.82) is 0 Å². The number of hydrogen-bond donors (Lipinski definition) is 0. The second-order valence-corrected chi connectivity index (χ2v) is 3.29. The van der Waals surface area contributed by atoms with E-state index in [1.54, 1.807) is 6.08 Å². The molecule has 0 unspecified atom stereocenters. The van der Waals surface area contributed by atoms with Gasteiger partial charge in [-0.2, -0.15) is 0 Å². The van der Waals surface area contributed by atoms with Gasteiger partial charge in [0.05, 0.1) is 0 Å². The van der Waals surface area contributed by atoms with Crippen LogP contribution in [-0.2, 0) is 0 Å². The minimum Gasteiger partial charge on any atom is -0.872 e. The van der Waals surface area contributed by atoms with Crippen LogP contribution in [0.5, 0.6) is 0 Å². The monoisotopic (exact) mass is 195 g/mol. The second-order valence-electron chi connectivity index (χ2n) is 3.29. The summed E-state index contributed by atoms with van der Waals surface area (Å²) >= 11 is 0. The van der Waals surface area contributed by atoms with Crippen LogP contribution in [0.25, 0.3) is 11.8 Å². The summed E-state index contributed by atoms with van der Waals surface area (Å²) in [6.07, 6.45) is 1.65. The zero-order valence-electron chi connectivity index (χ0n) is 8.26. The van der Waals surface area contributed by atoms with Gasteiger partial charge in [-0.1, -0.05) is 66.7 Å². The molecule has 0 aromatic heterocycles. The number of rotatable bonds is 2. The normalized spacial score (nSPS) is 11.3. The third-order valence-corrected chi connectivity index (χ3v) is 2.16. The molecule has 74 valence electrons. The summed E-state index contributed by atoms with van der Waals surface area (Å²) in [5.74, 6) is 0.0433. The molecule has 0 fully saturated rings. The third kappa shape index (κ3) is 2.47. The van der Waals surface area contributed by atoms with E-state index in [9.17, 15) is 5.11 Å².